The number of pyridine rings is 1. The van der Waals surface area contributed by atoms with Gasteiger partial charge in [-0.3, -0.25) is 9.78 Å². The number of nitrogens with one attached hydrogen (secondary N) is 2. The summed E-state index contributed by atoms with van der Waals surface area (Å²) in [5.74, 6) is 0.213. The Balaban J connectivity index is 1.72. The van der Waals surface area contributed by atoms with Crippen molar-refractivity contribution in [3.05, 3.63) is 66.0 Å². The second-order valence-electron chi connectivity index (χ2n) is 6.62. The summed E-state index contributed by atoms with van der Waals surface area (Å²) in [5, 5.41) is 0. The first-order valence-electron chi connectivity index (χ1n) is 8.93. The minimum absolute atomic E-state index is 0.0808. The van der Waals surface area contributed by atoms with E-state index in [1.807, 2.05) is 35.2 Å². The molecule has 1 aliphatic heterocycles. The molecular formula is C20H26N4O2. The van der Waals surface area contributed by atoms with Crippen molar-refractivity contribution in [3.63, 3.8) is 0 Å². The molecule has 1 amide bonds. The number of hydrogen-bond donors (Lipinski definition) is 2. The Morgan fingerprint density at radius 1 is 1.15 bits per heavy atom. The van der Waals surface area contributed by atoms with Crippen LogP contribution < -0.4 is 10.9 Å². The van der Waals surface area contributed by atoms with Crippen LogP contribution in [0.25, 0.3) is 0 Å². The van der Waals surface area contributed by atoms with Crippen molar-refractivity contribution in [3.8, 4) is 0 Å². The van der Waals surface area contributed by atoms with Crippen LogP contribution in [-0.4, -0.2) is 42.1 Å². The van der Waals surface area contributed by atoms with E-state index in [9.17, 15) is 4.79 Å². The number of benzene rings is 1. The molecule has 6 heteroatoms. The van der Waals surface area contributed by atoms with E-state index in [0.717, 1.165) is 5.56 Å². The molecule has 2 N–H and O–H groups in total. The lowest BCUT2D eigenvalue weighted by Gasteiger charge is -2.27. The number of aromatic nitrogens is 1. The number of amides is 1. The van der Waals surface area contributed by atoms with Crippen molar-refractivity contribution in [2.75, 3.05) is 20.3 Å². The summed E-state index contributed by atoms with van der Waals surface area (Å²) in [6.45, 7) is 3.71. The van der Waals surface area contributed by atoms with E-state index in [4.69, 9.17) is 4.74 Å². The summed E-state index contributed by atoms with van der Waals surface area (Å²) in [6.07, 6.45) is 3.50. The minimum atomic E-state index is -0.279. The van der Waals surface area contributed by atoms with E-state index < -0.39 is 0 Å². The number of methoxy groups -OCH3 is 1. The van der Waals surface area contributed by atoms with Gasteiger partial charge in [0.1, 0.15) is 6.04 Å². The summed E-state index contributed by atoms with van der Waals surface area (Å²) >= 11 is 0. The van der Waals surface area contributed by atoms with Crippen LogP contribution in [0.3, 0.4) is 0 Å². The Hall–Kier alpha value is -2.28. The Bertz CT molecular complexity index is 695. The van der Waals surface area contributed by atoms with E-state index >= 15 is 0 Å². The van der Waals surface area contributed by atoms with Crippen LogP contribution in [0, 0.1) is 5.92 Å². The minimum Gasteiger partial charge on any atom is -0.383 e. The molecule has 3 atom stereocenters. The lowest BCUT2D eigenvalue weighted by atomic mass is 9.90. The molecule has 1 fully saturated rings. The van der Waals surface area contributed by atoms with Gasteiger partial charge in [0.05, 0.1) is 12.6 Å². The lowest BCUT2D eigenvalue weighted by Crippen LogP contribution is -2.48. The summed E-state index contributed by atoms with van der Waals surface area (Å²) < 4.78 is 5.20. The third-order valence-electron chi connectivity index (χ3n) is 4.87. The molecule has 3 rings (SSSR count). The molecule has 3 unspecified atom stereocenters. The van der Waals surface area contributed by atoms with Crippen LogP contribution in [0.15, 0.2) is 54.9 Å². The Kier molecular flexibility index (Phi) is 6.33. The normalized spacial score (nSPS) is 22.3. The topological polar surface area (TPSA) is 66.5 Å². The van der Waals surface area contributed by atoms with Gasteiger partial charge in [-0.05, 0) is 23.3 Å². The van der Waals surface area contributed by atoms with Crippen molar-refractivity contribution in [1.82, 2.24) is 20.7 Å². The number of nitrogens with zero attached hydrogens (tertiary/aromatic N) is 2. The van der Waals surface area contributed by atoms with Gasteiger partial charge in [0.15, 0.2) is 0 Å². The Morgan fingerprint density at radius 2 is 1.88 bits per heavy atom. The highest BCUT2D eigenvalue weighted by Crippen LogP contribution is 2.29. The van der Waals surface area contributed by atoms with Crippen molar-refractivity contribution >= 4 is 5.91 Å². The van der Waals surface area contributed by atoms with Gasteiger partial charge in [-0.2, -0.15) is 0 Å². The first-order chi connectivity index (χ1) is 12.7. The maximum Gasteiger partial charge on any atom is 0.241 e. The van der Waals surface area contributed by atoms with Gasteiger partial charge in [0.25, 0.3) is 0 Å². The maximum absolute atomic E-state index is 13.2. The molecule has 1 aromatic carbocycles. The van der Waals surface area contributed by atoms with Gasteiger partial charge in [-0.1, -0.05) is 37.3 Å². The monoisotopic (exact) mass is 354 g/mol. The standard InChI is InChI=1S/C20H26N4O2/c1-15-18(17-6-4-3-5-7-17)22-23-19(15)20(25)24(12-13-26-2)14-16-8-10-21-11-9-16/h3-11,15,18-19,22-23H,12-14H2,1-2H3. The fraction of sp³-hybridized carbons (Fsp3) is 0.400. The average Bonchev–Trinajstić information content (AvgIpc) is 3.07. The van der Waals surface area contributed by atoms with Gasteiger partial charge in [0.2, 0.25) is 5.91 Å². The maximum atomic E-state index is 13.2. The molecule has 1 saturated heterocycles. The van der Waals surface area contributed by atoms with Crippen LogP contribution in [0.2, 0.25) is 0 Å². The van der Waals surface area contributed by atoms with E-state index in [1.54, 1.807) is 19.5 Å². The molecule has 138 valence electrons. The fourth-order valence-corrected chi connectivity index (χ4v) is 3.34. The zero-order valence-electron chi connectivity index (χ0n) is 15.3. The van der Waals surface area contributed by atoms with E-state index in [0.29, 0.717) is 19.7 Å². The van der Waals surface area contributed by atoms with Crippen molar-refractivity contribution in [1.29, 1.82) is 0 Å². The molecule has 0 aliphatic carbocycles. The van der Waals surface area contributed by atoms with Gasteiger partial charge in [-0.25, -0.2) is 10.9 Å². The summed E-state index contributed by atoms with van der Waals surface area (Å²) in [5.41, 5.74) is 8.73. The summed E-state index contributed by atoms with van der Waals surface area (Å²) in [4.78, 5) is 19.1. The SMILES string of the molecule is COCCN(Cc1ccncc1)C(=O)C1NNC(c2ccccc2)C1C. The largest absolute Gasteiger partial charge is 0.383 e. The van der Waals surface area contributed by atoms with Gasteiger partial charge >= 0.3 is 0 Å². The molecule has 0 bridgehead atoms. The molecule has 2 aromatic rings. The third-order valence-corrected chi connectivity index (χ3v) is 4.87. The number of hydrogen-bond acceptors (Lipinski definition) is 5. The third kappa shape index (κ3) is 4.27. The van der Waals surface area contributed by atoms with Crippen molar-refractivity contribution in [2.45, 2.75) is 25.6 Å². The molecule has 2 heterocycles. The molecule has 26 heavy (non-hydrogen) atoms. The summed E-state index contributed by atoms with van der Waals surface area (Å²) in [7, 11) is 1.65. The average molecular weight is 354 g/mol. The highest BCUT2D eigenvalue weighted by Gasteiger charge is 2.39. The molecule has 6 nitrogen and oxygen atoms in total. The first-order valence-corrected chi connectivity index (χ1v) is 8.93. The van der Waals surface area contributed by atoms with E-state index in [2.05, 4.69) is 34.9 Å². The van der Waals surface area contributed by atoms with E-state index in [1.165, 1.54) is 5.56 Å². The quantitative estimate of drug-likeness (QED) is 0.795. The first kappa shape index (κ1) is 18.5. The predicted octanol–water partition coefficient (Wildman–Crippen LogP) is 1.91. The predicted molar refractivity (Wildman–Crippen MR) is 99.9 cm³/mol. The molecule has 0 saturated carbocycles. The van der Waals surface area contributed by atoms with Crippen LogP contribution in [-0.2, 0) is 16.1 Å². The fourth-order valence-electron chi connectivity index (χ4n) is 3.34. The van der Waals surface area contributed by atoms with Crippen LogP contribution >= 0.6 is 0 Å². The number of rotatable bonds is 7. The summed E-state index contributed by atoms with van der Waals surface area (Å²) in [6, 6.07) is 13.9. The smallest absolute Gasteiger partial charge is 0.241 e. The zero-order valence-corrected chi connectivity index (χ0v) is 15.3. The van der Waals surface area contributed by atoms with Crippen LogP contribution in [0.1, 0.15) is 24.1 Å². The second-order valence-corrected chi connectivity index (χ2v) is 6.62. The van der Waals surface area contributed by atoms with Gasteiger partial charge in [0, 0.05) is 38.5 Å². The number of carbonyl (C=O) groups is 1. The lowest BCUT2D eigenvalue weighted by molar-refractivity contribution is -0.135. The zero-order chi connectivity index (χ0) is 18.4. The van der Waals surface area contributed by atoms with E-state index in [-0.39, 0.29) is 23.9 Å². The number of ether oxygens (including phenoxy) is 1. The molecule has 1 aromatic heterocycles. The van der Waals surface area contributed by atoms with Gasteiger partial charge in [-0.15, -0.1) is 0 Å². The molecule has 1 aliphatic rings. The van der Waals surface area contributed by atoms with Crippen LogP contribution in [0.4, 0.5) is 0 Å². The van der Waals surface area contributed by atoms with Crippen molar-refractivity contribution < 1.29 is 9.53 Å². The Morgan fingerprint density at radius 3 is 2.58 bits per heavy atom. The van der Waals surface area contributed by atoms with Crippen LogP contribution in [0.5, 0.6) is 0 Å². The van der Waals surface area contributed by atoms with Gasteiger partial charge < -0.3 is 9.64 Å². The molecule has 0 spiro atoms. The number of hydrazine groups is 1. The highest BCUT2D eigenvalue weighted by molar-refractivity contribution is 5.82. The van der Waals surface area contributed by atoms with Crippen molar-refractivity contribution in [2.24, 2.45) is 5.92 Å². The Labute approximate surface area is 154 Å². The second kappa shape index (κ2) is 8.89. The number of carbonyl (C=O) groups excluding carboxylic acids is 1. The molecule has 0 radical (unpaired) electrons. The highest BCUT2D eigenvalue weighted by atomic mass is 16.5. The molecular weight excluding hydrogens is 328 g/mol.